The molecule has 0 N–H and O–H groups in total. The van der Waals surface area contributed by atoms with Gasteiger partial charge in [0.05, 0.1) is 12.0 Å². The lowest BCUT2D eigenvalue weighted by molar-refractivity contribution is -0.605. The number of rotatable bonds is 2. The summed E-state index contributed by atoms with van der Waals surface area (Å²) in [5.41, 5.74) is 0. The van der Waals surface area contributed by atoms with Crippen LogP contribution in [-0.4, -0.2) is 29.7 Å². The third-order valence-corrected chi connectivity index (χ3v) is 2.68. The van der Waals surface area contributed by atoms with Crippen molar-refractivity contribution in [2.75, 3.05) is 6.73 Å². The lowest BCUT2D eigenvalue weighted by atomic mass is 9.95. The van der Waals surface area contributed by atoms with E-state index in [2.05, 4.69) is 45.4 Å². The minimum atomic E-state index is 0.398. The molecule has 1 rings (SSSR count). The Balaban J connectivity index is 2.66. The van der Waals surface area contributed by atoms with Gasteiger partial charge >= 0.3 is 0 Å². The zero-order valence-electron chi connectivity index (χ0n) is 9.45. The maximum Gasteiger partial charge on any atom is 0.247 e. The van der Waals surface area contributed by atoms with Crippen LogP contribution in [-0.2, 0) is 4.74 Å². The zero-order chi connectivity index (χ0) is 10.0. The molecular formula is C11H22NO+. The minimum Gasteiger partial charge on any atom is -0.319 e. The molecule has 13 heavy (non-hydrogen) atoms. The summed E-state index contributed by atoms with van der Waals surface area (Å²) in [4.78, 5) is 0. The van der Waals surface area contributed by atoms with Gasteiger partial charge in [0.2, 0.25) is 6.73 Å². The van der Waals surface area contributed by atoms with E-state index >= 15 is 0 Å². The average Bonchev–Trinajstić information content (AvgIpc) is 2.03. The Labute approximate surface area is 81.6 Å². The van der Waals surface area contributed by atoms with Crippen molar-refractivity contribution in [1.29, 1.82) is 0 Å². The van der Waals surface area contributed by atoms with Crippen LogP contribution < -0.4 is 0 Å². The highest BCUT2D eigenvalue weighted by molar-refractivity contribution is 5.56. The fourth-order valence-corrected chi connectivity index (χ4v) is 1.87. The molecule has 1 unspecified atom stereocenters. The molecule has 2 heteroatoms. The molecule has 0 amide bonds. The predicted octanol–water partition coefficient (Wildman–Crippen LogP) is 2.13. The zero-order valence-corrected chi connectivity index (χ0v) is 9.45. The number of nitrogens with zero attached hydrogens (tertiary/aromatic N) is 1. The van der Waals surface area contributed by atoms with Crippen molar-refractivity contribution in [1.82, 2.24) is 0 Å². The SMILES string of the molecule is CC(C)[C@H]1OC[N+](C(C)C)=CC1C. The lowest BCUT2D eigenvalue weighted by Crippen LogP contribution is -2.41. The highest BCUT2D eigenvalue weighted by atomic mass is 16.5. The summed E-state index contributed by atoms with van der Waals surface area (Å²) < 4.78 is 8.09. The molecule has 1 aliphatic rings. The van der Waals surface area contributed by atoms with Crippen LogP contribution in [0.25, 0.3) is 0 Å². The van der Waals surface area contributed by atoms with E-state index in [-0.39, 0.29) is 0 Å². The van der Waals surface area contributed by atoms with Crippen molar-refractivity contribution >= 4 is 6.21 Å². The molecule has 1 heterocycles. The standard InChI is InChI=1S/C11H22NO/c1-8(2)11-10(5)6-12(7-13-11)9(3)4/h6,8-11H,7H2,1-5H3/q+1/t10?,11-/m1/s1. The van der Waals surface area contributed by atoms with Crippen LogP contribution in [0, 0.1) is 11.8 Å². The fraction of sp³-hybridized carbons (Fsp3) is 0.909. The summed E-state index contributed by atoms with van der Waals surface area (Å²) in [6, 6.07) is 0.551. The normalized spacial score (nSPS) is 29.6. The van der Waals surface area contributed by atoms with E-state index in [1.807, 2.05) is 0 Å². The van der Waals surface area contributed by atoms with Crippen LogP contribution in [0.3, 0.4) is 0 Å². The van der Waals surface area contributed by atoms with Crippen molar-refractivity contribution in [3.63, 3.8) is 0 Å². The summed E-state index contributed by atoms with van der Waals surface area (Å²) in [6.07, 6.45) is 2.72. The van der Waals surface area contributed by atoms with E-state index in [9.17, 15) is 0 Å². The van der Waals surface area contributed by atoms with Crippen molar-refractivity contribution in [2.45, 2.75) is 46.8 Å². The first kappa shape index (κ1) is 10.7. The maximum atomic E-state index is 5.82. The lowest BCUT2D eigenvalue weighted by Gasteiger charge is -2.28. The van der Waals surface area contributed by atoms with Gasteiger partial charge in [-0.05, 0) is 19.8 Å². The summed E-state index contributed by atoms with van der Waals surface area (Å²) in [7, 11) is 0. The van der Waals surface area contributed by atoms with Gasteiger partial charge in [0.15, 0.2) is 0 Å². The quantitative estimate of drug-likeness (QED) is 0.599. The van der Waals surface area contributed by atoms with Gasteiger partial charge < -0.3 is 4.74 Å². The molecular weight excluding hydrogens is 162 g/mol. The third kappa shape index (κ3) is 2.53. The molecule has 0 fully saturated rings. The van der Waals surface area contributed by atoms with E-state index in [0.29, 0.717) is 24.0 Å². The smallest absolute Gasteiger partial charge is 0.247 e. The van der Waals surface area contributed by atoms with Crippen molar-refractivity contribution in [3.05, 3.63) is 0 Å². The molecule has 0 aliphatic carbocycles. The van der Waals surface area contributed by atoms with E-state index in [1.165, 1.54) is 0 Å². The Bertz CT molecular complexity index is 196. The summed E-state index contributed by atoms with van der Waals surface area (Å²) >= 11 is 0. The van der Waals surface area contributed by atoms with Crippen LogP contribution in [0.1, 0.15) is 34.6 Å². The Morgan fingerprint density at radius 3 is 2.31 bits per heavy atom. The van der Waals surface area contributed by atoms with Gasteiger partial charge in [-0.2, -0.15) is 0 Å². The van der Waals surface area contributed by atoms with Crippen molar-refractivity contribution < 1.29 is 9.31 Å². The second kappa shape index (κ2) is 4.23. The van der Waals surface area contributed by atoms with Crippen molar-refractivity contribution in [2.24, 2.45) is 11.8 Å². The molecule has 76 valence electrons. The van der Waals surface area contributed by atoms with Gasteiger partial charge in [-0.3, -0.25) is 0 Å². The van der Waals surface area contributed by atoms with Gasteiger partial charge in [0.25, 0.3) is 0 Å². The van der Waals surface area contributed by atoms with Gasteiger partial charge in [0, 0.05) is 0 Å². The molecule has 0 aromatic carbocycles. The molecule has 0 aromatic heterocycles. The van der Waals surface area contributed by atoms with Crippen LogP contribution >= 0.6 is 0 Å². The molecule has 2 nitrogen and oxygen atoms in total. The van der Waals surface area contributed by atoms with E-state index in [1.54, 1.807) is 0 Å². The summed E-state index contributed by atoms with van der Waals surface area (Å²) in [6.45, 7) is 11.8. The number of ether oxygens (including phenoxy) is 1. The average molecular weight is 184 g/mol. The molecule has 0 bridgehead atoms. The van der Waals surface area contributed by atoms with Crippen molar-refractivity contribution in [3.8, 4) is 0 Å². The molecule has 0 aromatic rings. The maximum absolute atomic E-state index is 5.82. The number of hydrogen-bond donors (Lipinski definition) is 0. The van der Waals surface area contributed by atoms with E-state index in [4.69, 9.17) is 4.74 Å². The van der Waals surface area contributed by atoms with Gasteiger partial charge in [0.1, 0.15) is 12.3 Å². The second-order valence-corrected chi connectivity index (χ2v) is 4.62. The van der Waals surface area contributed by atoms with Crippen LogP contribution in [0.15, 0.2) is 0 Å². The van der Waals surface area contributed by atoms with E-state index in [0.717, 1.165) is 6.73 Å². The summed E-state index contributed by atoms with van der Waals surface area (Å²) in [5, 5.41) is 0. The van der Waals surface area contributed by atoms with Crippen LogP contribution in [0.5, 0.6) is 0 Å². The first-order valence-corrected chi connectivity index (χ1v) is 5.24. The summed E-state index contributed by atoms with van der Waals surface area (Å²) in [5.74, 6) is 1.15. The molecule has 0 spiro atoms. The first-order valence-electron chi connectivity index (χ1n) is 5.24. The first-order chi connectivity index (χ1) is 6.02. The topological polar surface area (TPSA) is 12.2 Å². The Morgan fingerprint density at radius 2 is 1.92 bits per heavy atom. The molecule has 2 atom stereocenters. The predicted molar refractivity (Wildman–Crippen MR) is 55.2 cm³/mol. The molecule has 0 radical (unpaired) electrons. The Hall–Kier alpha value is -0.370. The Morgan fingerprint density at radius 1 is 1.31 bits per heavy atom. The van der Waals surface area contributed by atoms with E-state index < -0.39 is 0 Å². The minimum absolute atomic E-state index is 0.398. The van der Waals surface area contributed by atoms with Gasteiger partial charge in [-0.1, -0.05) is 20.8 Å². The molecule has 0 saturated carbocycles. The van der Waals surface area contributed by atoms with Gasteiger partial charge in [-0.15, -0.1) is 0 Å². The van der Waals surface area contributed by atoms with Gasteiger partial charge in [-0.25, -0.2) is 4.58 Å². The van der Waals surface area contributed by atoms with Crippen LogP contribution in [0.4, 0.5) is 0 Å². The highest BCUT2D eigenvalue weighted by Crippen LogP contribution is 2.18. The number of hydrogen-bond acceptors (Lipinski definition) is 1. The molecule has 0 saturated heterocycles. The largest absolute Gasteiger partial charge is 0.319 e. The highest BCUT2D eigenvalue weighted by Gasteiger charge is 2.29. The monoisotopic (exact) mass is 184 g/mol. The van der Waals surface area contributed by atoms with Crippen LogP contribution in [0.2, 0.25) is 0 Å². The molecule has 1 aliphatic heterocycles. The second-order valence-electron chi connectivity index (χ2n) is 4.62. The third-order valence-electron chi connectivity index (χ3n) is 2.68. The Kier molecular flexibility index (Phi) is 3.48. The fourth-order valence-electron chi connectivity index (χ4n) is 1.87.